The van der Waals surface area contributed by atoms with Crippen molar-refractivity contribution in [3.8, 4) is 0 Å². The molecule has 3 heteroatoms. The molecular weight excluding hydrogens is 198 g/mol. The minimum atomic E-state index is 0.403. The fourth-order valence-corrected chi connectivity index (χ4v) is 3.04. The van der Waals surface area contributed by atoms with Gasteiger partial charge >= 0.3 is 0 Å². The first kappa shape index (κ1) is 12.3. The summed E-state index contributed by atoms with van der Waals surface area (Å²) in [5.74, 6) is 0.754. The number of nitrogens with zero attached hydrogens (tertiary/aromatic N) is 1. The molecule has 16 heavy (non-hydrogen) atoms. The third-order valence-electron chi connectivity index (χ3n) is 4.16. The second-order valence-corrected chi connectivity index (χ2v) is 5.47. The van der Waals surface area contributed by atoms with Gasteiger partial charge in [-0.25, -0.2) is 0 Å². The van der Waals surface area contributed by atoms with Crippen LogP contribution in [0, 0.1) is 5.92 Å². The van der Waals surface area contributed by atoms with E-state index in [1.54, 1.807) is 0 Å². The number of piperidine rings is 1. The molecule has 1 atom stereocenters. The van der Waals surface area contributed by atoms with Crippen molar-refractivity contribution >= 4 is 0 Å². The van der Waals surface area contributed by atoms with Crippen molar-refractivity contribution in [1.82, 2.24) is 10.2 Å². The normalized spacial score (nSPS) is 27.6. The van der Waals surface area contributed by atoms with E-state index in [-0.39, 0.29) is 0 Å². The number of hydrogen-bond acceptors (Lipinski definition) is 3. The van der Waals surface area contributed by atoms with Gasteiger partial charge in [0.25, 0.3) is 0 Å². The summed E-state index contributed by atoms with van der Waals surface area (Å²) in [5, 5.41) is 3.41. The molecular formula is C13H27N3. The Bertz CT molecular complexity index is 182. The average molecular weight is 225 g/mol. The minimum absolute atomic E-state index is 0.403. The minimum Gasteiger partial charge on any atom is -0.326 e. The van der Waals surface area contributed by atoms with Crippen LogP contribution >= 0.6 is 0 Å². The standard InChI is InChI=1S/C13H27N3/c14-13(12-5-7-15-8-6-12)11-16-9-3-1-2-4-10-16/h12-13,15H,1-11,14H2. The zero-order valence-electron chi connectivity index (χ0n) is 10.5. The molecule has 0 aromatic carbocycles. The highest BCUT2D eigenvalue weighted by molar-refractivity contribution is 4.81. The number of nitrogens with one attached hydrogen (secondary N) is 1. The summed E-state index contributed by atoms with van der Waals surface area (Å²) in [6.07, 6.45) is 8.13. The lowest BCUT2D eigenvalue weighted by atomic mass is 9.90. The lowest BCUT2D eigenvalue weighted by Gasteiger charge is -2.32. The van der Waals surface area contributed by atoms with Crippen LogP contribution in [0.2, 0.25) is 0 Å². The van der Waals surface area contributed by atoms with Crippen molar-refractivity contribution in [3.05, 3.63) is 0 Å². The van der Waals surface area contributed by atoms with Crippen molar-refractivity contribution in [1.29, 1.82) is 0 Å². The Morgan fingerprint density at radius 3 is 2.31 bits per heavy atom. The molecule has 2 heterocycles. The first-order chi connectivity index (χ1) is 7.86. The summed E-state index contributed by atoms with van der Waals surface area (Å²) in [4.78, 5) is 2.60. The van der Waals surface area contributed by atoms with Gasteiger partial charge in [-0.2, -0.15) is 0 Å². The van der Waals surface area contributed by atoms with Gasteiger partial charge in [0.2, 0.25) is 0 Å². The van der Waals surface area contributed by atoms with Crippen LogP contribution < -0.4 is 11.1 Å². The quantitative estimate of drug-likeness (QED) is 0.758. The molecule has 3 N–H and O–H groups in total. The van der Waals surface area contributed by atoms with Crippen LogP contribution in [0.15, 0.2) is 0 Å². The zero-order valence-corrected chi connectivity index (χ0v) is 10.5. The summed E-state index contributed by atoms with van der Waals surface area (Å²) in [6, 6.07) is 0.403. The van der Waals surface area contributed by atoms with E-state index in [0.717, 1.165) is 12.5 Å². The third-order valence-corrected chi connectivity index (χ3v) is 4.16. The van der Waals surface area contributed by atoms with Crippen LogP contribution in [0.1, 0.15) is 38.5 Å². The van der Waals surface area contributed by atoms with Crippen LogP contribution in [-0.2, 0) is 0 Å². The first-order valence-corrected chi connectivity index (χ1v) is 7.05. The van der Waals surface area contributed by atoms with Crippen LogP contribution in [0.4, 0.5) is 0 Å². The molecule has 0 radical (unpaired) electrons. The van der Waals surface area contributed by atoms with Gasteiger partial charge in [-0.1, -0.05) is 12.8 Å². The topological polar surface area (TPSA) is 41.3 Å². The van der Waals surface area contributed by atoms with Crippen molar-refractivity contribution in [2.75, 3.05) is 32.7 Å². The molecule has 0 saturated carbocycles. The number of likely N-dealkylation sites (tertiary alicyclic amines) is 1. The molecule has 0 amide bonds. The largest absolute Gasteiger partial charge is 0.326 e. The summed E-state index contributed by atoms with van der Waals surface area (Å²) >= 11 is 0. The Labute approximate surface area is 99.8 Å². The van der Waals surface area contributed by atoms with Crippen molar-refractivity contribution in [3.63, 3.8) is 0 Å². The van der Waals surface area contributed by atoms with E-state index in [1.807, 2.05) is 0 Å². The highest BCUT2D eigenvalue weighted by atomic mass is 15.1. The highest BCUT2D eigenvalue weighted by Gasteiger charge is 2.22. The van der Waals surface area contributed by atoms with Crippen LogP contribution in [0.5, 0.6) is 0 Å². The summed E-state index contributed by atoms with van der Waals surface area (Å²) in [5.41, 5.74) is 6.36. The van der Waals surface area contributed by atoms with Crippen LogP contribution in [0.25, 0.3) is 0 Å². The van der Waals surface area contributed by atoms with Crippen molar-refractivity contribution in [2.24, 2.45) is 11.7 Å². The molecule has 2 rings (SSSR count). The molecule has 3 nitrogen and oxygen atoms in total. The first-order valence-electron chi connectivity index (χ1n) is 7.05. The van der Waals surface area contributed by atoms with Gasteiger partial charge in [0, 0.05) is 12.6 Å². The average Bonchev–Trinajstić information content (AvgIpc) is 2.59. The predicted molar refractivity (Wildman–Crippen MR) is 68.5 cm³/mol. The second-order valence-electron chi connectivity index (χ2n) is 5.47. The van der Waals surface area contributed by atoms with Gasteiger partial charge in [-0.15, -0.1) is 0 Å². The van der Waals surface area contributed by atoms with Gasteiger partial charge in [0.15, 0.2) is 0 Å². The summed E-state index contributed by atoms with van der Waals surface area (Å²) in [7, 11) is 0. The monoisotopic (exact) mass is 225 g/mol. The molecule has 1 unspecified atom stereocenters. The van der Waals surface area contributed by atoms with Gasteiger partial charge in [0.1, 0.15) is 0 Å². The SMILES string of the molecule is NC(CN1CCCCCC1)C1CCNCC1. The molecule has 2 aliphatic rings. The van der Waals surface area contributed by atoms with E-state index < -0.39 is 0 Å². The molecule has 94 valence electrons. The molecule has 2 saturated heterocycles. The van der Waals surface area contributed by atoms with E-state index in [1.165, 1.54) is 64.7 Å². The van der Waals surface area contributed by atoms with Crippen molar-refractivity contribution in [2.45, 2.75) is 44.6 Å². The van der Waals surface area contributed by atoms with E-state index >= 15 is 0 Å². The number of rotatable bonds is 3. The molecule has 0 aromatic rings. The Hall–Kier alpha value is -0.120. The lowest BCUT2D eigenvalue weighted by molar-refractivity contribution is 0.215. The molecule has 0 bridgehead atoms. The smallest absolute Gasteiger partial charge is 0.0197 e. The van der Waals surface area contributed by atoms with E-state index in [4.69, 9.17) is 5.73 Å². The highest BCUT2D eigenvalue weighted by Crippen LogP contribution is 2.17. The van der Waals surface area contributed by atoms with Crippen molar-refractivity contribution < 1.29 is 0 Å². The molecule has 0 aromatic heterocycles. The van der Waals surface area contributed by atoms with Gasteiger partial charge in [-0.3, -0.25) is 0 Å². The number of nitrogens with two attached hydrogens (primary N) is 1. The Kier molecular flexibility index (Phi) is 5.07. The molecule has 2 aliphatic heterocycles. The van der Waals surface area contributed by atoms with Gasteiger partial charge in [-0.05, 0) is 57.8 Å². The molecule has 2 fully saturated rings. The predicted octanol–water partition coefficient (Wildman–Crippen LogP) is 1.19. The maximum absolute atomic E-state index is 6.36. The second kappa shape index (κ2) is 6.58. The lowest BCUT2D eigenvalue weighted by Crippen LogP contribution is -2.46. The Morgan fingerprint density at radius 2 is 1.69 bits per heavy atom. The Balaban J connectivity index is 1.73. The maximum Gasteiger partial charge on any atom is 0.0197 e. The Morgan fingerprint density at radius 1 is 1.06 bits per heavy atom. The number of hydrogen-bond donors (Lipinski definition) is 2. The molecule has 0 aliphatic carbocycles. The zero-order chi connectivity index (χ0) is 11.2. The summed E-state index contributed by atoms with van der Waals surface area (Å²) in [6.45, 7) is 6.01. The van der Waals surface area contributed by atoms with Crippen LogP contribution in [-0.4, -0.2) is 43.7 Å². The van der Waals surface area contributed by atoms with Gasteiger partial charge < -0.3 is 16.0 Å². The van der Waals surface area contributed by atoms with Crippen LogP contribution in [0.3, 0.4) is 0 Å². The fourth-order valence-electron chi connectivity index (χ4n) is 3.04. The van der Waals surface area contributed by atoms with E-state index in [2.05, 4.69) is 10.2 Å². The fraction of sp³-hybridized carbons (Fsp3) is 1.00. The molecule has 0 spiro atoms. The maximum atomic E-state index is 6.36. The third kappa shape index (κ3) is 3.72. The van der Waals surface area contributed by atoms with E-state index in [0.29, 0.717) is 6.04 Å². The summed E-state index contributed by atoms with van der Waals surface area (Å²) < 4.78 is 0. The van der Waals surface area contributed by atoms with Gasteiger partial charge in [0.05, 0.1) is 0 Å². The van der Waals surface area contributed by atoms with E-state index in [9.17, 15) is 0 Å².